The highest BCUT2D eigenvalue weighted by molar-refractivity contribution is 6.17. The summed E-state index contributed by atoms with van der Waals surface area (Å²) >= 11 is 5.86. The monoisotopic (exact) mass is 254 g/mol. The van der Waals surface area contributed by atoms with E-state index in [1.54, 1.807) is 0 Å². The van der Waals surface area contributed by atoms with Crippen LogP contribution in [0.5, 0.6) is 0 Å². The molecule has 1 aromatic heterocycles. The van der Waals surface area contributed by atoms with E-state index in [0.29, 0.717) is 11.9 Å². The molecule has 0 radical (unpaired) electrons. The summed E-state index contributed by atoms with van der Waals surface area (Å²) < 4.78 is 0. The molecule has 5 heteroatoms. The summed E-state index contributed by atoms with van der Waals surface area (Å²) in [6, 6.07) is 0.477. The molecular weight excluding hydrogens is 236 g/mol. The van der Waals surface area contributed by atoms with Gasteiger partial charge in [-0.3, -0.25) is 0 Å². The molecule has 17 heavy (non-hydrogen) atoms. The van der Waals surface area contributed by atoms with Gasteiger partial charge >= 0.3 is 0 Å². The Bertz CT molecular complexity index is 381. The van der Waals surface area contributed by atoms with Gasteiger partial charge in [0.05, 0.1) is 11.4 Å². The molecule has 1 aliphatic heterocycles. The molecule has 0 saturated carbocycles. The molecule has 0 bridgehead atoms. The lowest BCUT2D eigenvalue weighted by Gasteiger charge is -2.35. The standard InChI is InChI=1S/C12H19ClN4/c1-9-10(2)15-16-12(14-9)17-8-4-3-5-11(17)6-7-13/h11H,3-8H2,1-2H3. The highest BCUT2D eigenvalue weighted by atomic mass is 35.5. The van der Waals surface area contributed by atoms with Gasteiger partial charge in [-0.25, -0.2) is 4.98 Å². The van der Waals surface area contributed by atoms with Crippen molar-refractivity contribution in [2.75, 3.05) is 17.3 Å². The van der Waals surface area contributed by atoms with E-state index in [-0.39, 0.29) is 0 Å². The zero-order valence-corrected chi connectivity index (χ0v) is 11.2. The molecule has 94 valence electrons. The van der Waals surface area contributed by atoms with Crippen molar-refractivity contribution in [3.8, 4) is 0 Å². The Labute approximate surface area is 107 Å². The first kappa shape index (κ1) is 12.6. The Morgan fingerprint density at radius 3 is 2.76 bits per heavy atom. The summed E-state index contributed by atoms with van der Waals surface area (Å²) in [7, 11) is 0. The molecule has 0 N–H and O–H groups in total. The summed E-state index contributed by atoms with van der Waals surface area (Å²) in [5.41, 5.74) is 1.87. The van der Waals surface area contributed by atoms with Crippen LogP contribution in [-0.2, 0) is 0 Å². The van der Waals surface area contributed by atoms with Crippen LogP contribution in [-0.4, -0.2) is 33.6 Å². The maximum atomic E-state index is 5.86. The molecule has 1 unspecified atom stereocenters. The topological polar surface area (TPSA) is 41.9 Å². The van der Waals surface area contributed by atoms with Crippen LogP contribution in [0.4, 0.5) is 5.95 Å². The number of hydrogen-bond donors (Lipinski definition) is 0. The van der Waals surface area contributed by atoms with E-state index in [9.17, 15) is 0 Å². The summed E-state index contributed by atoms with van der Waals surface area (Å²) in [6.45, 7) is 4.94. The third kappa shape index (κ3) is 2.86. The van der Waals surface area contributed by atoms with Crippen molar-refractivity contribution in [3.05, 3.63) is 11.4 Å². The predicted octanol–water partition coefficient (Wildman–Crippen LogP) is 2.48. The van der Waals surface area contributed by atoms with E-state index in [4.69, 9.17) is 11.6 Å². The highest BCUT2D eigenvalue weighted by Crippen LogP contribution is 2.24. The molecule has 1 fully saturated rings. The smallest absolute Gasteiger partial charge is 0.245 e. The Kier molecular flexibility index (Phi) is 4.15. The zero-order valence-electron chi connectivity index (χ0n) is 10.5. The third-order valence-corrected chi connectivity index (χ3v) is 3.63. The summed E-state index contributed by atoms with van der Waals surface area (Å²) in [5, 5.41) is 8.38. The van der Waals surface area contributed by atoms with Gasteiger partial charge in [0, 0.05) is 18.5 Å². The molecule has 0 aromatic carbocycles. The Morgan fingerprint density at radius 1 is 1.24 bits per heavy atom. The molecule has 2 rings (SSSR count). The molecule has 4 nitrogen and oxygen atoms in total. The first-order valence-electron chi connectivity index (χ1n) is 6.23. The van der Waals surface area contributed by atoms with Crippen LogP contribution in [0.25, 0.3) is 0 Å². The van der Waals surface area contributed by atoms with E-state index in [1.165, 1.54) is 19.3 Å². The van der Waals surface area contributed by atoms with Crippen LogP contribution in [0.15, 0.2) is 0 Å². The van der Waals surface area contributed by atoms with Crippen LogP contribution in [0.3, 0.4) is 0 Å². The molecule has 1 saturated heterocycles. The minimum atomic E-state index is 0.477. The predicted molar refractivity (Wildman–Crippen MR) is 69.6 cm³/mol. The first-order chi connectivity index (χ1) is 8.22. The van der Waals surface area contributed by atoms with Gasteiger partial charge in [-0.1, -0.05) is 0 Å². The van der Waals surface area contributed by atoms with E-state index in [0.717, 1.165) is 30.3 Å². The van der Waals surface area contributed by atoms with Crippen molar-refractivity contribution in [1.82, 2.24) is 15.2 Å². The quantitative estimate of drug-likeness (QED) is 0.778. The van der Waals surface area contributed by atoms with Gasteiger partial charge in [-0.2, -0.15) is 5.10 Å². The SMILES string of the molecule is Cc1nnc(N2CCCCC2CCCl)nc1C. The van der Waals surface area contributed by atoms with Crippen LogP contribution in [0.2, 0.25) is 0 Å². The number of hydrogen-bond acceptors (Lipinski definition) is 4. The number of halogens is 1. The molecule has 1 atom stereocenters. The fourth-order valence-corrected chi connectivity index (χ4v) is 2.51. The lowest BCUT2D eigenvalue weighted by molar-refractivity contribution is 0.442. The van der Waals surface area contributed by atoms with Crippen molar-refractivity contribution in [1.29, 1.82) is 0 Å². The van der Waals surface area contributed by atoms with Crippen molar-refractivity contribution in [2.45, 2.75) is 45.6 Å². The van der Waals surface area contributed by atoms with E-state index in [1.807, 2.05) is 13.8 Å². The minimum Gasteiger partial charge on any atom is -0.336 e. The van der Waals surface area contributed by atoms with Crippen molar-refractivity contribution < 1.29 is 0 Å². The molecule has 0 aliphatic carbocycles. The van der Waals surface area contributed by atoms with Gasteiger partial charge in [-0.05, 0) is 39.5 Å². The number of aryl methyl sites for hydroxylation is 2. The van der Waals surface area contributed by atoms with E-state index < -0.39 is 0 Å². The Morgan fingerprint density at radius 2 is 2.06 bits per heavy atom. The van der Waals surface area contributed by atoms with Crippen molar-refractivity contribution >= 4 is 17.5 Å². The number of nitrogens with zero attached hydrogens (tertiary/aromatic N) is 4. The average Bonchev–Trinajstić information content (AvgIpc) is 2.34. The van der Waals surface area contributed by atoms with Gasteiger partial charge < -0.3 is 4.90 Å². The molecule has 2 heterocycles. The average molecular weight is 255 g/mol. The summed E-state index contributed by atoms with van der Waals surface area (Å²) in [4.78, 5) is 6.81. The normalized spacial score (nSPS) is 20.6. The Hall–Kier alpha value is -0.900. The van der Waals surface area contributed by atoms with E-state index in [2.05, 4.69) is 20.1 Å². The second-order valence-corrected chi connectivity index (χ2v) is 4.98. The fourth-order valence-electron chi connectivity index (χ4n) is 2.26. The maximum absolute atomic E-state index is 5.86. The lowest BCUT2D eigenvalue weighted by atomic mass is 10.0. The van der Waals surface area contributed by atoms with Crippen LogP contribution in [0.1, 0.15) is 37.1 Å². The van der Waals surface area contributed by atoms with Crippen LogP contribution in [0, 0.1) is 13.8 Å². The maximum Gasteiger partial charge on any atom is 0.245 e. The number of aromatic nitrogens is 3. The molecular formula is C12H19ClN4. The molecule has 0 amide bonds. The third-order valence-electron chi connectivity index (χ3n) is 3.41. The zero-order chi connectivity index (χ0) is 12.3. The summed E-state index contributed by atoms with van der Waals surface area (Å²) in [5.74, 6) is 1.46. The van der Waals surface area contributed by atoms with Gasteiger partial charge in [0.15, 0.2) is 0 Å². The number of rotatable bonds is 3. The van der Waals surface area contributed by atoms with Gasteiger partial charge in [0.1, 0.15) is 0 Å². The molecule has 0 spiro atoms. The largest absolute Gasteiger partial charge is 0.336 e. The van der Waals surface area contributed by atoms with E-state index >= 15 is 0 Å². The second kappa shape index (κ2) is 5.63. The lowest BCUT2D eigenvalue weighted by Crippen LogP contribution is -2.41. The minimum absolute atomic E-state index is 0.477. The van der Waals surface area contributed by atoms with Crippen LogP contribution >= 0.6 is 11.6 Å². The van der Waals surface area contributed by atoms with Gasteiger partial charge in [0.2, 0.25) is 5.95 Å². The van der Waals surface area contributed by atoms with Gasteiger partial charge in [0.25, 0.3) is 0 Å². The number of alkyl halides is 1. The Balaban J connectivity index is 2.20. The number of anilines is 1. The molecule has 1 aromatic rings. The van der Waals surface area contributed by atoms with Crippen molar-refractivity contribution in [2.24, 2.45) is 0 Å². The van der Waals surface area contributed by atoms with Crippen molar-refractivity contribution in [3.63, 3.8) is 0 Å². The van der Waals surface area contributed by atoms with Gasteiger partial charge in [-0.15, -0.1) is 16.7 Å². The highest BCUT2D eigenvalue weighted by Gasteiger charge is 2.24. The molecule has 1 aliphatic rings. The fraction of sp³-hybridized carbons (Fsp3) is 0.750. The second-order valence-electron chi connectivity index (χ2n) is 4.60. The van der Waals surface area contributed by atoms with Crippen LogP contribution < -0.4 is 4.90 Å². The summed E-state index contributed by atoms with van der Waals surface area (Å²) in [6.07, 6.45) is 4.66. The first-order valence-corrected chi connectivity index (χ1v) is 6.76. The number of piperidine rings is 1.